The smallest absolute Gasteiger partial charge is 0.361 e. The Kier molecular flexibility index (Phi) is 4.49. The first-order valence-corrected chi connectivity index (χ1v) is 6.59. The minimum absolute atomic E-state index is 0.00301. The van der Waals surface area contributed by atoms with Gasteiger partial charge in [0.15, 0.2) is 18.1 Å². The van der Waals surface area contributed by atoms with Crippen molar-refractivity contribution >= 4 is 17.7 Å². The molecule has 20 heavy (non-hydrogen) atoms. The highest BCUT2D eigenvalue weighted by Gasteiger charge is 2.22. The molecule has 1 aromatic heterocycles. The molecule has 1 aliphatic rings. The van der Waals surface area contributed by atoms with Crippen molar-refractivity contribution in [3.8, 4) is 0 Å². The van der Waals surface area contributed by atoms with Gasteiger partial charge in [0.25, 0.3) is 5.91 Å². The zero-order valence-electron chi connectivity index (χ0n) is 11.4. The second-order valence-corrected chi connectivity index (χ2v) is 4.93. The highest BCUT2D eigenvalue weighted by atomic mass is 16.5. The lowest BCUT2D eigenvalue weighted by Gasteiger charge is -2.30. The van der Waals surface area contributed by atoms with E-state index < -0.39 is 5.97 Å². The summed E-state index contributed by atoms with van der Waals surface area (Å²) >= 11 is 0. The summed E-state index contributed by atoms with van der Waals surface area (Å²) in [7, 11) is 0. The highest BCUT2D eigenvalue weighted by Crippen LogP contribution is 2.16. The maximum absolute atomic E-state index is 11.9. The number of aromatic nitrogens is 2. The highest BCUT2D eigenvalue weighted by molar-refractivity contribution is 5.93. The summed E-state index contributed by atoms with van der Waals surface area (Å²) in [6.07, 6.45) is 4.69. The fourth-order valence-corrected chi connectivity index (χ4v) is 2.05. The van der Waals surface area contributed by atoms with Crippen LogP contribution in [0.25, 0.3) is 0 Å². The third kappa shape index (κ3) is 3.43. The molecule has 1 aromatic rings. The summed E-state index contributed by atoms with van der Waals surface area (Å²) in [6, 6.07) is 0. The predicted octanol–water partition coefficient (Wildman–Crippen LogP) is 0.474. The Hall–Kier alpha value is -2.18. The zero-order valence-corrected chi connectivity index (χ0v) is 11.4. The molecular formula is C13H18N4O3. The lowest BCUT2D eigenvalue weighted by molar-refractivity contribution is -0.135. The second kappa shape index (κ2) is 6.31. The van der Waals surface area contributed by atoms with Crippen molar-refractivity contribution in [2.75, 3.05) is 25.4 Å². The number of anilines is 1. The average Bonchev–Trinajstić information content (AvgIpc) is 2.45. The van der Waals surface area contributed by atoms with Gasteiger partial charge in [-0.15, -0.1) is 0 Å². The number of nitrogens with two attached hydrogens (primary N) is 1. The molecule has 0 atom stereocenters. The van der Waals surface area contributed by atoms with Crippen molar-refractivity contribution in [1.29, 1.82) is 0 Å². The topological polar surface area (TPSA) is 98.4 Å². The Morgan fingerprint density at radius 1 is 1.35 bits per heavy atom. The Morgan fingerprint density at radius 2 is 2.00 bits per heavy atom. The molecule has 0 aromatic carbocycles. The van der Waals surface area contributed by atoms with Gasteiger partial charge in [0.1, 0.15) is 0 Å². The quantitative estimate of drug-likeness (QED) is 0.807. The van der Waals surface area contributed by atoms with Crippen molar-refractivity contribution in [1.82, 2.24) is 14.9 Å². The van der Waals surface area contributed by atoms with E-state index in [0.717, 1.165) is 12.8 Å². The van der Waals surface area contributed by atoms with E-state index in [1.165, 1.54) is 12.4 Å². The molecule has 1 aliphatic heterocycles. The van der Waals surface area contributed by atoms with Gasteiger partial charge in [-0.25, -0.2) is 14.8 Å². The van der Waals surface area contributed by atoms with Crippen LogP contribution in [0.15, 0.2) is 12.4 Å². The maximum atomic E-state index is 11.9. The SMILES string of the molecule is CC1CCN(C(=O)COC(=O)c2nccnc2N)CC1. The number of likely N-dealkylation sites (tertiary alicyclic amines) is 1. The van der Waals surface area contributed by atoms with Crippen LogP contribution in [-0.4, -0.2) is 46.4 Å². The van der Waals surface area contributed by atoms with E-state index in [1.54, 1.807) is 4.90 Å². The molecule has 0 unspecified atom stereocenters. The fraction of sp³-hybridized carbons (Fsp3) is 0.538. The summed E-state index contributed by atoms with van der Waals surface area (Å²) < 4.78 is 4.94. The third-order valence-corrected chi connectivity index (χ3v) is 3.38. The van der Waals surface area contributed by atoms with Crippen molar-refractivity contribution in [3.63, 3.8) is 0 Å². The number of ether oxygens (including phenoxy) is 1. The third-order valence-electron chi connectivity index (χ3n) is 3.38. The zero-order chi connectivity index (χ0) is 14.5. The first-order valence-electron chi connectivity index (χ1n) is 6.59. The number of carbonyl (C=O) groups is 2. The molecule has 2 rings (SSSR count). The van der Waals surface area contributed by atoms with E-state index in [-0.39, 0.29) is 24.0 Å². The monoisotopic (exact) mass is 278 g/mol. The Bertz CT molecular complexity index is 498. The normalized spacial score (nSPS) is 15.9. The van der Waals surface area contributed by atoms with Gasteiger partial charge in [-0.1, -0.05) is 6.92 Å². The van der Waals surface area contributed by atoms with E-state index in [9.17, 15) is 9.59 Å². The summed E-state index contributed by atoms with van der Waals surface area (Å²) in [5.74, 6) is -0.278. The van der Waals surface area contributed by atoms with Crippen molar-refractivity contribution in [2.24, 2.45) is 5.92 Å². The fourth-order valence-electron chi connectivity index (χ4n) is 2.05. The molecule has 0 saturated carbocycles. The Labute approximate surface area is 117 Å². The molecule has 108 valence electrons. The van der Waals surface area contributed by atoms with E-state index in [1.807, 2.05) is 0 Å². The van der Waals surface area contributed by atoms with Crippen LogP contribution in [0, 0.1) is 5.92 Å². The van der Waals surface area contributed by atoms with Crippen LogP contribution in [0.1, 0.15) is 30.3 Å². The summed E-state index contributed by atoms with van der Waals surface area (Å²) in [5, 5.41) is 0. The summed E-state index contributed by atoms with van der Waals surface area (Å²) in [4.78, 5) is 32.9. The molecule has 0 aliphatic carbocycles. The molecule has 0 spiro atoms. The number of amides is 1. The van der Waals surface area contributed by atoms with E-state index in [2.05, 4.69) is 16.9 Å². The second-order valence-electron chi connectivity index (χ2n) is 4.93. The van der Waals surface area contributed by atoms with Gasteiger partial charge in [-0.05, 0) is 18.8 Å². The molecule has 7 nitrogen and oxygen atoms in total. The molecule has 2 N–H and O–H groups in total. The molecular weight excluding hydrogens is 260 g/mol. The molecule has 0 radical (unpaired) electrons. The largest absolute Gasteiger partial charge is 0.451 e. The van der Waals surface area contributed by atoms with Gasteiger partial charge in [0, 0.05) is 25.5 Å². The number of rotatable bonds is 3. The van der Waals surface area contributed by atoms with Gasteiger partial charge < -0.3 is 15.4 Å². The molecule has 1 saturated heterocycles. The predicted molar refractivity (Wildman–Crippen MR) is 71.7 cm³/mol. The van der Waals surface area contributed by atoms with Crippen LogP contribution in [0.3, 0.4) is 0 Å². The standard InChI is InChI=1S/C13H18N4O3/c1-9-2-6-17(7-3-9)10(18)8-20-13(19)11-12(14)16-5-4-15-11/h4-5,9H,2-3,6-8H2,1H3,(H2,14,16). The number of nitrogen functional groups attached to an aromatic ring is 1. The molecule has 0 bridgehead atoms. The number of hydrogen-bond donors (Lipinski definition) is 1. The number of piperidine rings is 1. The Morgan fingerprint density at radius 3 is 2.65 bits per heavy atom. The van der Waals surface area contributed by atoms with Gasteiger partial charge in [0.2, 0.25) is 0 Å². The average molecular weight is 278 g/mol. The van der Waals surface area contributed by atoms with E-state index >= 15 is 0 Å². The Balaban J connectivity index is 1.84. The van der Waals surface area contributed by atoms with Crippen LogP contribution in [0.2, 0.25) is 0 Å². The van der Waals surface area contributed by atoms with Crippen LogP contribution in [-0.2, 0) is 9.53 Å². The summed E-state index contributed by atoms with van der Waals surface area (Å²) in [5.41, 5.74) is 5.45. The van der Waals surface area contributed by atoms with Crippen molar-refractivity contribution in [2.45, 2.75) is 19.8 Å². The number of esters is 1. The lowest BCUT2D eigenvalue weighted by atomic mass is 9.99. The van der Waals surface area contributed by atoms with Gasteiger partial charge >= 0.3 is 5.97 Å². The van der Waals surface area contributed by atoms with Gasteiger partial charge in [-0.3, -0.25) is 4.79 Å². The lowest BCUT2D eigenvalue weighted by Crippen LogP contribution is -2.40. The molecule has 2 heterocycles. The van der Waals surface area contributed by atoms with Crippen molar-refractivity contribution < 1.29 is 14.3 Å². The van der Waals surface area contributed by atoms with Crippen LogP contribution < -0.4 is 5.73 Å². The number of hydrogen-bond acceptors (Lipinski definition) is 6. The van der Waals surface area contributed by atoms with E-state index in [4.69, 9.17) is 10.5 Å². The first-order chi connectivity index (χ1) is 9.58. The number of nitrogens with zero attached hydrogens (tertiary/aromatic N) is 3. The minimum atomic E-state index is -0.727. The van der Waals surface area contributed by atoms with Crippen LogP contribution in [0.4, 0.5) is 5.82 Å². The van der Waals surface area contributed by atoms with Crippen molar-refractivity contribution in [3.05, 3.63) is 18.1 Å². The minimum Gasteiger partial charge on any atom is -0.451 e. The number of carbonyl (C=O) groups excluding carboxylic acids is 2. The van der Waals surface area contributed by atoms with Crippen LogP contribution >= 0.6 is 0 Å². The molecule has 7 heteroatoms. The van der Waals surface area contributed by atoms with Gasteiger partial charge in [-0.2, -0.15) is 0 Å². The molecule has 1 fully saturated rings. The maximum Gasteiger partial charge on any atom is 0.361 e. The van der Waals surface area contributed by atoms with E-state index in [0.29, 0.717) is 19.0 Å². The van der Waals surface area contributed by atoms with Gasteiger partial charge in [0.05, 0.1) is 0 Å². The molecule has 1 amide bonds. The first kappa shape index (κ1) is 14.2. The summed E-state index contributed by atoms with van der Waals surface area (Å²) in [6.45, 7) is 3.30. The van der Waals surface area contributed by atoms with Crippen LogP contribution in [0.5, 0.6) is 0 Å².